The Morgan fingerprint density at radius 3 is 2.44 bits per heavy atom. The Morgan fingerprint density at radius 2 is 1.73 bits per heavy atom. The SMILES string of the molecule is C[C@@]12C(=O)N(c3ccc(F)c(Cl)c3)C(=O)[C@@H]1C[C@@H]1C(=CC[C@@H]3C(=O)N(CCC(=O)O)C(=O)[C@@H]31)[C@@H]2c1ccc(O)c2ccccc12. The number of amides is 4. The molecule has 6 atom stereocenters. The molecule has 2 aliphatic heterocycles. The molecule has 0 aromatic heterocycles. The largest absolute Gasteiger partial charge is 0.507 e. The maximum atomic E-state index is 14.6. The molecule has 230 valence electrons. The molecule has 0 unspecified atom stereocenters. The van der Waals surface area contributed by atoms with E-state index in [4.69, 9.17) is 11.6 Å². The summed E-state index contributed by atoms with van der Waals surface area (Å²) in [6, 6.07) is 14.1. The fourth-order valence-electron chi connectivity index (χ4n) is 8.28. The Labute approximate surface area is 261 Å². The lowest BCUT2D eigenvalue weighted by atomic mass is 9.51. The summed E-state index contributed by atoms with van der Waals surface area (Å²) in [4.78, 5) is 69.4. The zero-order valence-corrected chi connectivity index (χ0v) is 24.8. The molecule has 3 aromatic rings. The summed E-state index contributed by atoms with van der Waals surface area (Å²) < 4.78 is 14.1. The lowest BCUT2D eigenvalue weighted by Crippen LogP contribution is -2.49. The second-order valence-electron chi connectivity index (χ2n) is 12.5. The molecule has 4 aliphatic rings. The molecule has 11 heteroatoms. The first kappa shape index (κ1) is 29.2. The molecule has 2 N–H and O–H groups in total. The van der Waals surface area contributed by atoms with Gasteiger partial charge in [-0.05, 0) is 60.9 Å². The normalized spacial score (nSPS) is 29.1. The van der Waals surface area contributed by atoms with E-state index in [1.54, 1.807) is 31.2 Å². The van der Waals surface area contributed by atoms with E-state index in [9.17, 15) is 38.6 Å². The molecule has 7 rings (SSSR count). The summed E-state index contributed by atoms with van der Waals surface area (Å²) in [5, 5.41) is 20.9. The van der Waals surface area contributed by atoms with Gasteiger partial charge in [0.05, 0.1) is 40.3 Å². The van der Waals surface area contributed by atoms with Gasteiger partial charge in [0.1, 0.15) is 11.6 Å². The van der Waals surface area contributed by atoms with Crippen molar-refractivity contribution in [3.05, 3.63) is 82.6 Å². The smallest absolute Gasteiger partial charge is 0.305 e. The quantitative estimate of drug-likeness (QED) is 0.298. The molecule has 3 aromatic carbocycles. The molecule has 9 nitrogen and oxygen atoms in total. The molecule has 4 amide bonds. The van der Waals surface area contributed by atoms with Crippen molar-refractivity contribution < 1.29 is 38.6 Å². The summed E-state index contributed by atoms with van der Waals surface area (Å²) in [7, 11) is 0. The minimum absolute atomic E-state index is 0.0446. The van der Waals surface area contributed by atoms with Gasteiger partial charge in [-0.3, -0.25) is 28.9 Å². The zero-order valence-electron chi connectivity index (χ0n) is 24.1. The number of carbonyl (C=O) groups excluding carboxylic acids is 4. The van der Waals surface area contributed by atoms with Crippen LogP contribution in [-0.2, 0) is 24.0 Å². The van der Waals surface area contributed by atoms with E-state index in [2.05, 4.69) is 0 Å². The fraction of sp³-hybridized carbons (Fsp3) is 0.324. The van der Waals surface area contributed by atoms with Gasteiger partial charge in [-0.2, -0.15) is 0 Å². The van der Waals surface area contributed by atoms with E-state index in [1.807, 2.05) is 18.2 Å². The number of hydrogen-bond acceptors (Lipinski definition) is 6. The molecule has 2 heterocycles. The fourth-order valence-corrected chi connectivity index (χ4v) is 8.46. The second kappa shape index (κ2) is 10.2. The van der Waals surface area contributed by atoms with E-state index in [0.717, 1.165) is 21.4 Å². The molecule has 0 radical (unpaired) electrons. The number of carboxylic acid groups (broad SMARTS) is 1. The van der Waals surface area contributed by atoms with Gasteiger partial charge in [-0.25, -0.2) is 9.29 Å². The van der Waals surface area contributed by atoms with Crippen LogP contribution in [-0.4, -0.2) is 51.3 Å². The highest BCUT2D eigenvalue weighted by atomic mass is 35.5. The van der Waals surface area contributed by atoms with Gasteiger partial charge < -0.3 is 10.2 Å². The standard InChI is InChI=1S/C34H28ClFN2O7/c1-34-23(31(43)38(33(34)45)16-6-10-25(36)24(35)14-16)15-22-20(29(34)19-9-11-26(39)18-5-3-2-4-17(18)19)7-8-21-28(22)32(44)37(30(21)42)13-12-27(40)41/h2-7,9-11,14,21-23,28-29,39H,8,12-13,15H2,1H3,(H,40,41)/t21-,22+,23-,28-,29-,34+/m0/s1. The predicted molar refractivity (Wildman–Crippen MR) is 161 cm³/mol. The number of likely N-dealkylation sites (tertiary alicyclic amines) is 1. The van der Waals surface area contributed by atoms with Gasteiger partial charge in [0, 0.05) is 17.8 Å². The van der Waals surface area contributed by atoms with Gasteiger partial charge in [-0.1, -0.05) is 53.6 Å². The molecule has 0 spiro atoms. The zero-order chi connectivity index (χ0) is 31.9. The third kappa shape index (κ3) is 4.08. The minimum atomic E-state index is -1.35. The lowest BCUT2D eigenvalue weighted by Gasteiger charge is -2.49. The molecule has 1 saturated carbocycles. The van der Waals surface area contributed by atoms with Crippen molar-refractivity contribution >= 4 is 57.7 Å². The van der Waals surface area contributed by atoms with Crippen LogP contribution >= 0.6 is 11.6 Å². The summed E-state index contributed by atoms with van der Waals surface area (Å²) in [5.74, 6) is -7.45. The Bertz CT molecular complexity index is 1890. The van der Waals surface area contributed by atoms with Crippen molar-refractivity contribution in [1.29, 1.82) is 0 Å². The highest BCUT2D eigenvalue weighted by Crippen LogP contribution is 2.64. The number of anilines is 1. The number of aliphatic carboxylic acids is 1. The molecule has 3 fully saturated rings. The highest BCUT2D eigenvalue weighted by Gasteiger charge is 2.67. The number of phenolic OH excluding ortho intramolecular Hbond substituents is 1. The number of hydrogen-bond donors (Lipinski definition) is 2. The Morgan fingerprint density at radius 1 is 1.00 bits per heavy atom. The maximum absolute atomic E-state index is 14.6. The number of allylic oxidation sites excluding steroid dienone is 2. The molecule has 2 saturated heterocycles. The van der Waals surface area contributed by atoms with Crippen molar-refractivity contribution in [3.8, 4) is 5.75 Å². The number of carbonyl (C=O) groups is 5. The van der Waals surface area contributed by atoms with Gasteiger partial charge in [-0.15, -0.1) is 0 Å². The van der Waals surface area contributed by atoms with Crippen LogP contribution in [0, 0.1) is 34.9 Å². The third-order valence-corrected chi connectivity index (χ3v) is 10.6. The van der Waals surface area contributed by atoms with Gasteiger partial charge in [0.15, 0.2) is 0 Å². The number of fused-ring (bicyclic) bond motifs is 5. The van der Waals surface area contributed by atoms with Crippen LogP contribution in [0.15, 0.2) is 66.2 Å². The van der Waals surface area contributed by atoms with Crippen molar-refractivity contribution in [3.63, 3.8) is 0 Å². The van der Waals surface area contributed by atoms with Gasteiger partial charge >= 0.3 is 5.97 Å². The monoisotopic (exact) mass is 630 g/mol. The summed E-state index contributed by atoms with van der Waals surface area (Å²) in [5.41, 5.74) is 0.224. The van der Waals surface area contributed by atoms with E-state index in [0.29, 0.717) is 16.3 Å². The minimum Gasteiger partial charge on any atom is -0.507 e. The van der Waals surface area contributed by atoms with E-state index in [1.165, 1.54) is 12.1 Å². The first-order valence-corrected chi connectivity index (χ1v) is 15.1. The number of halogens is 2. The number of phenols is 1. The first-order chi connectivity index (χ1) is 21.4. The number of imide groups is 2. The summed E-state index contributed by atoms with van der Waals surface area (Å²) in [6.07, 6.45) is 1.85. The third-order valence-electron chi connectivity index (χ3n) is 10.3. The average Bonchev–Trinajstić information content (AvgIpc) is 3.37. The van der Waals surface area contributed by atoms with E-state index < -0.39 is 70.4 Å². The van der Waals surface area contributed by atoms with Crippen LogP contribution in [0.25, 0.3) is 10.8 Å². The number of benzene rings is 3. The van der Waals surface area contributed by atoms with E-state index in [-0.39, 0.29) is 42.3 Å². The Balaban J connectivity index is 1.41. The van der Waals surface area contributed by atoms with Crippen molar-refractivity contribution in [1.82, 2.24) is 4.90 Å². The Hall–Kier alpha value is -4.57. The van der Waals surface area contributed by atoms with Crippen LogP contribution in [0.1, 0.15) is 37.7 Å². The van der Waals surface area contributed by atoms with Crippen LogP contribution in [0.3, 0.4) is 0 Å². The number of rotatable bonds is 5. The molecular weight excluding hydrogens is 603 g/mol. The van der Waals surface area contributed by atoms with Crippen LogP contribution in [0.4, 0.5) is 10.1 Å². The lowest BCUT2D eigenvalue weighted by molar-refractivity contribution is -0.142. The first-order valence-electron chi connectivity index (χ1n) is 14.8. The topological polar surface area (TPSA) is 132 Å². The van der Waals surface area contributed by atoms with Gasteiger partial charge in [0.2, 0.25) is 23.6 Å². The second-order valence-corrected chi connectivity index (χ2v) is 12.9. The van der Waals surface area contributed by atoms with Gasteiger partial charge in [0.25, 0.3) is 0 Å². The summed E-state index contributed by atoms with van der Waals surface area (Å²) >= 11 is 6.06. The van der Waals surface area contributed by atoms with Crippen molar-refractivity contribution in [2.75, 3.05) is 11.4 Å². The van der Waals surface area contributed by atoms with E-state index >= 15 is 0 Å². The molecule has 45 heavy (non-hydrogen) atoms. The molecule has 2 aliphatic carbocycles. The molecular formula is C34H28ClFN2O7. The van der Waals surface area contributed by atoms with Crippen molar-refractivity contribution in [2.45, 2.75) is 32.1 Å². The average molecular weight is 631 g/mol. The predicted octanol–water partition coefficient (Wildman–Crippen LogP) is 5.04. The maximum Gasteiger partial charge on any atom is 0.305 e. The number of carboxylic acids is 1. The van der Waals surface area contributed by atoms with Crippen LogP contribution < -0.4 is 4.90 Å². The summed E-state index contributed by atoms with van der Waals surface area (Å²) in [6.45, 7) is 1.49. The molecule has 0 bridgehead atoms. The van der Waals surface area contributed by atoms with Crippen LogP contribution in [0.2, 0.25) is 5.02 Å². The highest BCUT2D eigenvalue weighted by molar-refractivity contribution is 6.31. The number of nitrogens with zero attached hydrogens (tertiary/aromatic N) is 2. The Kier molecular flexibility index (Phi) is 6.63. The van der Waals surface area contributed by atoms with Crippen molar-refractivity contribution in [2.24, 2.45) is 29.1 Å². The number of aromatic hydroxyl groups is 1. The van der Waals surface area contributed by atoms with Crippen LogP contribution in [0.5, 0.6) is 5.75 Å².